The van der Waals surface area contributed by atoms with Crippen LogP contribution in [0.1, 0.15) is 15.9 Å². The fourth-order valence-corrected chi connectivity index (χ4v) is 3.63. The van der Waals surface area contributed by atoms with Crippen molar-refractivity contribution >= 4 is 44.4 Å². The number of amides is 1. The van der Waals surface area contributed by atoms with E-state index in [-0.39, 0.29) is 0 Å². The van der Waals surface area contributed by atoms with Crippen LogP contribution in [0.3, 0.4) is 0 Å². The predicted molar refractivity (Wildman–Crippen MR) is 132 cm³/mol. The number of ether oxygens (including phenoxy) is 2. The summed E-state index contributed by atoms with van der Waals surface area (Å²) in [5, 5.41) is 3.40. The lowest BCUT2D eigenvalue weighted by atomic mass is 10.0. The molecule has 4 aromatic rings. The van der Waals surface area contributed by atoms with Gasteiger partial charge in [-0.15, -0.1) is 0 Å². The molecule has 0 atom stereocenters. The Hall–Kier alpha value is -3.71. The van der Waals surface area contributed by atoms with Gasteiger partial charge in [-0.05, 0) is 67.1 Å². The minimum atomic E-state index is -0.592. The van der Waals surface area contributed by atoms with Gasteiger partial charge in [-0.1, -0.05) is 34.1 Å². The lowest BCUT2D eigenvalue weighted by Crippen LogP contribution is -2.21. The lowest BCUT2D eigenvalue weighted by molar-refractivity contribution is -0.119. The average molecular weight is 505 g/mol. The Morgan fingerprint density at radius 1 is 1.00 bits per heavy atom. The Bertz CT molecular complexity index is 1340. The molecular weight excluding hydrogens is 484 g/mol. The van der Waals surface area contributed by atoms with E-state index < -0.39 is 18.5 Å². The monoisotopic (exact) mass is 504 g/mol. The highest BCUT2D eigenvalue weighted by atomic mass is 79.9. The second kappa shape index (κ2) is 9.83. The molecule has 7 heteroatoms. The number of anilines is 1. The number of aromatic nitrogens is 1. The van der Waals surface area contributed by atoms with Crippen LogP contribution < -0.4 is 10.1 Å². The second-order valence-corrected chi connectivity index (χ2v) is 8.24. The number of para-hydroxylation sites is 1. The van der Waals surface area contributed by atoms with Gasteiger partial charge in [0.05, 0.1) is 23.9 Å². The fourth-order valence-electron chi connectivity index (χ4n) is 3.38. The van der Waals surface area contributed by atoms with Crippen molar-refractivity contribution in [1.82, 2.24) is 4.98 Å². The van der Waals surface area contributed by atoms with Crippen molar-refractivity contribution in [3.63, 3.8) is 0 Å². The van der Waals surface area contributed by atoms with Crippen LogP contribution in [-0.4, -0.2) is 30.6 Å². The Kier molecular flexibility index (Phi) is 6.70. The zero-order chi connectivity index (χ0) is 23.4. The first-order valence-electron chi connectivity index (χ1n) is 10.2. The molecule has 0 fully saturated rings. The van der Waals surface area contributed by atoms with Gasteiger partial charge in [0.15, 0.2) is 6.61 Å². The van der Waals surface area contributed by atoms with Gasteiger partial charge in [0, 0.05) is 21.1 Å². The number of benzene rings is 3. The molecule has 1 heterocycles. The van der Waals surface area contributed by atoms with Crippen molar-refractivity contribution in [2.24, 2.45) is 0 Å². The van der Waals surface area contributed by atoms with Gasteiger partial charge < -0.3 is 14.8 Å². The lowest BCUT2D eigenvalue weighted by Gasteiger charge is -2.11. The number of nitrogens with zero attached hydrogens (tertiary/aromatic N) is 1. The third kappa shape index (κ3) is 5.21. The molecule has 4 rings (SSSR count). The normalized spacial score (nSPS) is 10.6. The summed E-state index contributed by atoms with van der Waals surface area (Å²) in [6.45, 7) is 1.52. The molecule has 166 valence electrons. The molecule has 6 nitrogen and oxygen atoms in total. The van der Waals surface area contributed by atoms with Crippen LogP contribution in [0.2, 0.25) is 0 Å². The number of carbonyl (C=O) groups is 2. The summed E-state index contributed by atoms with van der Waals surface area (Å²) in [5.41, 5.74) is 4.08. The van der Waals surface area contributed by atoms with Gasteiger partial charge in [-0.25, -0.2) is 9.78 Å². The molecule has 33 heavy (non-hydrogen) atoms. The number of hydrogen-bond donors (Lipinski definition) is 1. The number of halogens is 1. The average Bonchev–Trinajstić information content (AvgIpc) is 2.84. The summed E-state index contributed by atoms with van der Waals surface area (Å²) in [4.78, 5) is 30.0. The van der Waals surface area contributed by atoms with Crippen LogP contribution in [0.15, 0.2) is 77.3 Å². The quantitative estimate of drug-likeness (QED) is 0.337. The van der Waals surface area contributed by atoms with E-state index in [0.717, 1.165) is 21.3 Å². The first-order valence-corrected chi connectivity index (χ1v) is 11.0. The maximum Gasteiger partial charge on any atom is 0.339 e. The van der Waals surface area contributed by atoms with E-state index >= 15 is 0 Å². The molecule has 0 unspecified atom stereocenters. The Balaban J connectivity index is 1.55. The Morgan fingerprint density at radius 2 is 1.76 bits per heavy atom. The standard InChI is InChI=1S/C26H21BrN2O4/c1-16-13-18(9-12-22(16)27)28-25(30)15-33-26(31)21-14-24(17-7-10-19(32-2)11-8-17)29-23-6-4-3-5-20(21)23/h3-14H,15H2,1-2H3,(H,28,30). The smallest absolute Gasteiger partial charge is 0.339 e. The molecular formula is C26H21BrN2O4. The highest BCUT2D eigenvalue weighted by molar-refractivity contribution is 9.10. The number of esters is 1. The van der Waals surface area contributed by atoms with Crippen molar-refractivity contribution in [1.29, 1.82) is 0 Å². The van der Waals surface area contributed by atoms with E-state index in [1.54, 1.807) is 25.3 Å². The predicted octanol–water partition coefficient (Wildman–Crippen LogP) is 5.78. The zero-order valence-electron chi connectivity index (χ0n) is 18.1. The SMILES string of the molecule is COc1ccc(-c2cc(C(=O)OCC(=O)Nc3ccc(Br)c(C)c3)c3ccccc3n2)cc1. The fraction of sp³-hybridized carbons (Fsp3) is 0.115. The summed E-state index contributed by atoms with van der Waals surface area (Å²) in [5.74, 6) is -0.282. The summed E-state index contributed by atoms with van der Waals surface area (Å²) < 4.78 is 11.5. The van der Waals surface area contributed by atoms with E-state index in [1.807, 2.05) is 61.5 Å². The number of hydrogen-bond acceptors (Lipinski definition) is 5. The largest absolute Gasteiger partial charge is 0.497 e. The minimum absolute atomic E-state index is 0.346. The third-order valence-electron chi connectivity index (χ3n) is 5.10. The highest BCUT2D eigenvalue weighted by Gasteiger charge is 2.17. The van der Waals surface area contributed by atoms with Crippen LogP contribution in [0, 0.1) is 6.92 Å². The van der Waals surface area contributed by atoms with E-state index in [0.29, 0.717) is 27.8 Å². The Labute approximate surface area is 199 Å². The number of nitrogens with one attached hydrogen (secondary N) is 1. The van der Waals surface area contributed by atoms with Gasteiger partial charge in [-0.3, -0.25) is 4.79 Å². The van der Waals surface area contributed by atoms with Crippen LogP contribution >= 0.6 is 15.9 Å². The first-order chi connectivity index (χ1) is 15.9. The summed E-state index contributed by atoms with van der Waals surface area (Å²) in [6.07, 6.45) is 0. The molecule has 1 N–H and O–H groups in total. The van der Waals surface area contributed by atoms with E-state index in [4.69, 9.17) is 9.47 Å². The van der Waals surface area contributed by atoms with Gasteiger partial charge in [-0.2, -0.15) is 0 Å². The van der Waals surface area contributed by atoms with Crippen LogP contribution in [-0.2, 0) is 9.53 Å². The van der Waals surface area contributed by atoms with Crippen molar-refractivity contribution in [3.05, 3.63) is 88.4 Å². The van der Waals surface area contributed by atoms with Gasteiger partial charge in [0.25, 0.3) is 5.91 Å². The van der Waals surface area contributed by atoms with Crippen molar-refractivity contribution in [3.8, 4) is 17.0 Å². The summed E-state index contributed by atoms with van der Waals surface area (Å²) >= 11 is 3.43. The first kappa shape index (κ1) is 22.5. The third-order valence-corrected chi connectivity index (χ3v) is 5.99. The van der Waals surface area contributed by atoms with Crippen LogP contribution in [0.5, 0.6) is 5.75 Å². The molecule has 0 spiro atoms. The molecule has 0 radical (unpaired) electrons. The van der Waals surface area contributed by atoms with E-state index in [9.17, 15) is 9.59 Å². The number of rotatable bonds is 6. The second-order valence-electron chi connectivity index (χ2n) is 7.39. The van der Waals surface area contributed by atoms with Crippen LogP contribution in [0.4, 0.5) is 5.69 Å². The molecule has 0 aliphatic heterocycles. The molecule has 1 amide bonds. The molecule has 0 aliphatic rings. The number of methoxy groups -OCH3 is 1. The number of pyridine rings is 1. The van der Waals surface area contributed by atoms with Gasteiger partial charge in [0.2, 0.25) is 0 Å². The van der Waals surface area contributed by atoms with E-state index in [2.05, 4.69) is 26.2 Å². The van der Waals surface area contributed by atoms with Crippen molar-refractivity contribution in [2.75, 3.05) is 19.0 Å². The minimum Gasteiger partial charge on any atom is -0.497 e. The summed E-state index contributed by atoms with van der Waals surface area (Å²) in [6, 6.07) is 21.9. The molecule has 0 bridgehead atoms. The molecule has 0 saturated heterocycles. The van der Waals surface area contributed by atoms with E-state index in [1.165, 1.54) is 0 Å². The van der Waals surface area contributed by atoms with Gasteiger partial charge in [0.1, 0.15) is 5.75 Å². The molecule has 3 aromatic carbocycles. The number of fused-ring (bicyclic) bond motifs is 1. The topological polar surface area (TPSA) is 77.5 Å². The molecule has 0 saturated carbocycles. The van der Waals surface area contributed by atoms with Crippen molar-refractivity contribution < 1.29 is 19.1 Å². The van der Waals surface area contributed by atoms with Crippen LogP contribution in [0.25, 0.3) is 22.2 Å². The molecule has 0 aliphatic carbocycles. The number of aryl methyl sites for hydroxylation is 1. The zero-order valence-corrected chi connectivity index (χ0v) is 19.7. The summed E-state index contributed by atoms with van der Waals surface area (Å²) in [7, 11) is 1.60. The highest BCUT2D eigenvalue weighted by Crippen LogP contribution is 2.27. The maximum absolute atomic E-state index is 12.9. The Morgan fingerprint density at radius 3 is 2.48 bits per heavy atom. The number of carbonyl (C=O) groups excluding carboxylic acids is 2. The van der Waals surface area contributed by atoms with Gasteiger partial charge >= 0.3 is 5.97 Å². The molecule has 1 aromatic heterocycles. The van der Waals surface area contributed by atoms with Crippen molar-refractivity contribution in [2.45, 2.75) is 6.92 Å². The maximum atomic E-state index is 12.9.